The maximum atomic E-state index is 13.0. The molecule has 0 heterocycles. The molecule has 130 valence electrons. The van der Waals surface area contributed by atoms with Crippen molar-refractivity contribution in [2.24, 2.45) is 5.92 Å². The fraction of sp³-hybridized carbons (Fsp3) is 0.571. The third-order valence-electron chi connectivity index (χ3n) is 4.64. The highest BCUT2D eigenvalue weighted by Gasteiger charge is 2.48. The molecule has 0 spiro atoms. The Balaban J connectivity index is 2.33. The minimum absolute atomic E-state index is 0.115. The van der Waals surface area contributed by atoms with Crippen LogP contribution in [-0.4, -0.2) is 16.7 Å². The molecule has 0 aromatic heterocycles. The van der Waals surface area contributed by atoms with E-state index in [1.54, 1.807) is 26.0 Å². The lowest BCUT2D eigenvalue weighted by Crippen LogP contribution is -2.47. The summed E-state index contributed by atoms with van der Waals surface area (Å²) in [6.07, 6.45) is 5.60. The Kier molecular flexibility index (Phi) is 6.07. The van der Waals surface area contributed by atoms with Crippen molar-refractivity contribution < 1.29 is 14.6 Å². The zero-order chi connectivity index (χ0) is 17.6. The lowest BCUT2D eigenvalue weighted by Gasteiger charge is -2.38. The molecule has 0 saturated heterocycles. The van der Waals surface area contributed by atoms with E-state index in [0.717, 1.165) is 32.1 Å². The third kappa shape index (κ3) is 4.19. The molecule has 0 amide bonds. The second-order valence-electron chi connectivity index (χ2n) is 7.02. The number of hydrogen-bond acceptors (Lipinski definition) is 3. The van der Waals surface area contributed by atoms with Gasteiger partial charge in [0.1, 0.15) is 0 Å². The van der Waals surface area contributed by atoms with Crippen molar-refractivity contribution in [2.75, 3.05) is 0 Å². The first-order valence-electron chi connectivity index (χ1n) is 8.91. The Morgan fingerprint density at radius 2 is 1.83 bits per heavy atom. The summed E-state index contributed by atoms with van der Waals surface area (Å²) >= 11 is 0. The molecule has 1 atom stereocenters. The summed E-state index contributed by atoms with van der Waals surface area (Å²) in [5.41, 5.74) is -1.90. The van der Waals surface area contributed by atoms with Crippen LogP contribution in [-0.2, 0) is 15.1 Å². The zero-order valence-electron chi connectivity index (χ0n) is 15.0. The van der Waals surface area contributed by atoms with Crippen molar-refractivity contribution in [3.05, 3.63) is 35.9 Å². The molecule has 0 aliphatic heterocycles. The van der Waals surface area contributed by atoms with E-state index in [4.69, 9.17) is 4.74 Å². The molecule has 3 nitrogen and oxygen atoms in total. The molecule has 0 bridgehead atoms. The molecule has 0 unspecified atom stereocenters. The quantitative estimate of drug-likeness (QED) is 0.666. The number of benzene rings is 1. The smallest absolute Gasteiger partial charge is 0.344 e. The van der Waals surface area contributed by atoms with Crippen molar-refractivity contribution in [3.8, 4) is 11.8 Å². The summed E-state index contributed by atoms with van der Waals surface area (Å²) < 4.78 is 5.65. The standard InChI is InChI=1S/C21H28O3/c1-4-5-16-20(2,3)24-19(22)21(23,17-12-8-6-9-13-17)18-14-10-7-11-15-18/h6,8-9,12-13,18,23H,4,7,10-11,14-15H2,1-3H3/t21-/m0/s1. The lowest BCUT2D eigenvalue weighted by molar-refractivity contribution is -0.184. The Morgan fingerprint density at radius 1 is 1.21 bits per heavy atom. The van der Waals surface area contributed by atoms with Gasteiger partial charge >= 0.3 is 5.97 Å². The van der Waals surface area contributed by atoms with Gasteiger partial charge in [-0.1, -0.05) is 68.4 Å². The summed E-state index contributed by atoms with van der Waals surface area (Å²) in [6.45, 7) is 5.48. The maximum absolute atomic E-state index is 13.0. The highest BCUT2D eigenvalue weighted by molar-refractivity contribution is 5.82. The fourth-order valence-corrected chi connectivity index (χ4v) is 3.37. The van der Waals surface area contributed by atoms with E-state index in [1.165, 1.54) is 0 Å². The van der Waals surface area contributed by atoms with E-state index in [-0.39, 0.29) is 5.92 Å². The molecular weight excluding hydrogens is 300 g/mol. The van der Waals surface area contributed by atoms with Crippen LogP contribution < -0.4 is 0 Å². The van der Waals surface area contributed by atoms with E-state index in [9.17, 15) is 9.90 Å². The van der Waals surface area contributed by atoms with Gasteiger partial charge in [0.15, 0.2) is 11.2 Å². The average molecular weight is 328 g/mol. The number of rotatable bonds is 4. The molecular formula is C21H28O3. The van der Waals surface area contributed by atoms with Crippen molar-refractivity contribution in [2.45, 2.75) is 70.5 Å². The Morgan fingerprint density at radius 3 is 2.42 bits per heavy atom. The summed E-state index contributed by atoms with van der Waals surface area (Å²) in [7, 11) is 0. The van der Waals surface area contributed by atoms with Gasteiger partial charge in [-0.2, -0.15) is 0 Å². The summed E-state index contributed by atoms with van der Waals surface area (Å²) in [4.78, 5) is 13.0. The van der Waals surface area contributed by atoms with Gasteiger partial charge in [-0.25, -0.2) is 4.79 Å². The van der Waals surface area contributed by atoms with Crippen molar-refractivity contribution >= 4 is 5.97 Å². The van der Waals surface area contributed by atoms with Gasteiger partial charge in [-0.15, -0.1) is 0 Å². The van der Waals surface area contributed by atoms with Crippen LogP contribution >= 0.6 is 0 Å². The summed E-state index contributed by atoms with van der Waals surface area (Å²) in [6, 6.07) is 9.19. The molecule has 1 aliphatic rings. The molecule has 3 heteroatoms. The molecule has 24 heavy (non-hydrogen) atoms. The first kappa shape index (κ1) is 18.5. The monoisotopic (exact) mass is 328 g/mol. The Labute approximate surface area is 145 Å². The van der Waals surface area contributed by atoms with Crippen molar-refractivity contribution in [1.82, 2.24) is 0 Å². The van der Waals surface area contributed by atoms with Crippen LogP contribution in [0.4, 0.5) is 0 Å². The second kappa shape index (κ2) is 7.85. The van der Waals surface area contributed by atoms with Crippen LogP contribution in [0.5, 0.6) is 0 Å². The van der Waals surface area contributed by atoms with Gasteiger partial charge in [0.05, 0.1) is 0 Å². The number of carbonyl (C=O) groups excluding carboxylic acids is 1. The lowest BCUT2D eigenvalue weighted by atomic mass is 9.73. The fourth-order valence-electron chi connectivity index (χ4n) is 3.37. The van der Waals surface area contributed by atoms with Crippen LogP contribution in [0.15, 0.2) is 30.3 Å². The zero-order valence-corrected chi connectivity index (χ0v) is 15.0. The highest BCUT2D eigenvalue weighted by atomic mass is 16.6. The SMILES string of the molecule is CCC#CC(C)(C)OC(=O)[C@](O)(c1ccccc1)C1CCCCC1. The van der Waals surface area contributed by atoms with Gasteiger partial charge < -0.3 is 9.84 Å². The number of hydrogen-bond donors (Lipinski definition) is 1. The van der Waals surface area contributed by atoms with Crippen molar-refractivity contribution in [1.29, 1.82) is 0 Å². The molecule has 0 radical (unpaired) electrons. The maximum Gasteiger partial charge on any atom is 0.344 e. The van der Waals surface area contributed by atoms with Gasteiger partial charge in [-0.3, -0.25) is 0 Å². The topological polar surface area (TPSA) is 46.5 Å². The molecule has 1 N–H and O–H groups in total. The highest BCUT2D eigenvalue weighted by Crippen LogP contribution is 2.41. The minimum atomic E-state index is -1.60. The second-order valence-corrected chi connectivity index (χ2v) is 7.02. The third-order valence-corrected chi connectivity index (χ3v) is 4.64. The largest absolute Gasteiger partial charge is 0.444 e. The minimum Gasteiger partial charge on any atom is -0.444 e. The summed E-state index contributed by atoms with van der Waals surface area (Å²) in [5, 5.41) is 11.4. The molecule has 1 aromatic rings. The van der Waals surface area contributed by atoms with Crippen LogP contribution in [0.3, 0.4) is 0 Å². The molecule has 1 aliphatic carbocycles. The number of aliphatic hydroxyl groups is 1. The van der Waals surface area contributed by atoms with Crippen LogP contribution in [0, 0.1) is 17.8 Å². The predicted molar refractivity (Wildman–Crippen MR) is 95.2 cm³/mol. The van der Waals surface area contributed by atoms with Crippen LogP contribution in [0.2, 0.25) is 0 Å². The van der Waals surface area contributed by atoms with Crippen LogP contribution in [0.1, 0.15) is 64.9 Å². The molecule has 1 fully saturated rings. The van der Waals surface area contributed by atoms with E-state index in [1.807, 2.05) is 25.1 Å². The number of carbonyl (C=O) groups is 1. The Bertz CT molecular complexity index is 603. The van der Waals surface area contributed by atoms with Gasteiger partial charge in [-0.05, 0) is 32.3 Å². The first-order chi connectivity index (χ1) is 11.4. The molecule has 2 rings (SSSR count). The van der Waals surface area contributed by atoms with Gasteiger partial charge in [0.2, 0.25) is 0 Å². The van der Waals surface area contributed by atoms with E-state index in [0.29, 0.717) is 12.0 Å². The number of ether oxygens (including phenoxy) is 1. The molecule has 1 aromatic carbocycles. The average Bonchev–Trinajstić information content (AvgIpc) is 2.60. The Hall–Kier alpha value is -1.79. The normalized spacial score (nSPS) is 18.2. The molecule has 1 saturated carbocycles. The van der Waals surface area contributed by atoms with E-state index >= 15 is 0 Å². The van der Waals surface area contributed by atoms with E-state index in [2.05, 4.69) is 11.8 Å². The van der Waals surface area contributed by atoms with Gasteiger partial charge in [0, 0.05) is 12.3 Å². The summed E-state index contributed by atoms with van der Waals surface area (Å²) in [5.74, 6) is 5.22. The first-order valence-corrected chi connectivity index (χ1v) is 8.91. The van der Waals surface area contributed by atoms with Crippen molar-refractivity contribution in [3.63, 3.8) is 0 Å². The van der Waals surface area contributed by atoms with Crippen LogP contribution in [0.25, 0.3) is 0 Å². The number of esters is 1. The predicted octanol–water partition coefficient (Wildman–Crippen LogP) is 4.19. The van der Waals surface area contributed by atoms with E-state index < -0.39 is 17.2 Å². The van der Waals surface area contributed by atoms with Gasteiger partial charge in [0.25, 0.3) is 0 Å².